The van der Waals surface area contributed by atoms with Crippen LogP contribution in [-0.4, -0.2) is 58.4 Å². The number of nitrogens with zero attached hydrogens (tertiary/aromatic N) is 2. The summed E-state index contributed by atoms with van der Waals surface area (Å²) in [5.74, 6) is 0.357. The van der Waals surface area contributed by atoms with Crippen molar-refractivity contribution >= 4 is 11.7 Å². The van der Waals surface area contributed by atoms with Crippen LogP contribution in [0, 0.1) is 5.92 Å². The van der Waals surface area contributed by atoms with Gasteiger partial charge in [0.2, 0.25) is 5.91 Å². The molecule has 2 aliphatic rings. The van der Waals surface area contributed by atoms with Gasteiger partial charge in [-0.05, 0) is 32.3 Å². The molecule has 1 amide bonds. The minimum absolute atomic E-state index is 0.233. The second-order valence-electron chi connectivity index (χ2n) is 7.19. The number of aliphatic hydroxyl groups excluding tert-OH is 1. The summed E-state index contributed by atoms with van der Waals surface area (Å²) in [5.41, 5.74) is 1.69. The Balaban J connectivity index is 1.60. The molecule has 5 nitrogen and oxygen atoms in total. The molecule has 130 valence electrons. The van der Waals surface area contributed by atoms with Crippen molar-refractivity contribution in [2.24, 2.45) is 5.92 Å². The van der Waals surface area contributed by atoms with Gasteiger partial charge in [0.15, 0.2) is 5.78 Å². The summed E-state index contributed by atoms with van der Waals surface area (Å²) < 4.78 is 0. The Kier molecular flexibility index (Phi) is 5.01. The molecule has 1 N–H and O–H groups in total. The molecule has 1 aromatic rings. The number of carbonyl (C=O) groups is 2. The lowest BCUT2D eigenvalue weighted by molar-refractivity contribution is -0.140. The Labute approximate surface area is 143 Å². The van der Waals surface area contributed by atoms with Gasteiger partial charge in [0, 0.05) is 43.2 Å². The molecule has 0 spiro atoms. The van der Waals surface area contributed by atoms with Crippen molar-refractivity contribution in [2.45, 2.75) is 45.3 Å². The first-order valence-corrected chi connectivity index (χ1v) is 8.77. The number of rotatable bonds is 5. The van der Waals surface area contributed by atoms with E-state index in [2.05, 4.69) is 23.6 Å². The molecule has 1 aliphatic heterocycles. The van der Waals surface area contributed by atoms with E-state index in [0.717, 1.165) is 38.0 Å². The third-order valence-corrected chi connectivity index (χ3v) is 5.00. The van der Waals surface area contributed by atoms with Crippen LogP contribution in [0.5, 0.6) is 0 Å². The van der Waals surface area contributed by atoms with E-state index in [-0.39, 0.29) is 23.8 Å². The predicted molar refractivity (Wildman–Crippen MR) is 91.6 cm³/mol. The first-order chi connectivity index (χ1) is 11.5. The fourth-order valence-corrected chi connectivity index (χ4v) is 3.68. The molecular formula is C19H26N2O3. The number of ketones is 1. The van der Waals surface area contributed by atoms with Crippen molar-refractivity contribution in [2.75, 3.05) is 19.7 Å². The van der Waals surface area contributed by atoms with Crippen LogP contribution in [0.2, 0.25) is 0 Å². The average molecular weight is 330 g/mol. The Morgan fingerprint density at radius 2 is 1.67 bits per heavy atom. The third-order valence-electron chi connectivity index (χ3n) is 5.00. The van der Waals surface area contributed by atoms with Crippen LogP contribution in [0.1, 0.15) is 42.6 Å². The highest BCUT2D eigenvalue weighted by Gasteiger charge is 2.40. The summed E-state index contributed by atoms with van der Waals surface area (Å²) in [6.45, 7) is 6.37. The minimum Gasteiger partial charge on any atom is -0.388 e. The Morgan fingerprint density at radius 3 is 2.17 bits per heavy atom. The van der Waals surface area contributed by atoms with Crippen LogP contribution in [0.4, 0.5) is 0 Å². The number of aliphatic hydroxyl groups is 1. The second kappa shape index (κ2) is 7.03. The maximum absolute atomic E-state index is 12.4. The molecule has 1 aromatic carbocycles. The number of carbonyl (C=O) groups excluding carboxylic acids is 2. The number of hydrogen-bond acceptors (Lipinski definition) is 4. The number of amides is 1. The highest BCUT2D eigenvalue weighted by Crippen LogP contribution is 2.33. The normalized spacial score (nSPS) is 24.9. The maximum Gasteiger partial charge on any atom is 0.226 e. The van der Waals surface area contributed by atoms with Crippen LogP contribution in [-0.2, 0) is 11.3 Å². The van der Waals surface area contributed by atoms with Crippen molar-refractivity contribution < 1.29 is 14.7 Å². The van der Waals surface area contributed by atoms with Gasteiger partial charge >= 0.3 is 0 Å². The molecule has 1 saturated carbocycles. The summed E-state index contributed by atoms with van der Waals surface area (Å²) in [6.07, 6.45) is 2.11. The van der Waals surface area contributed by atoms with Crippen LogP contribution in [0.25, 0.3) is 0 Å². The largest absolute Gasteiger partial charge is 0.388 e. The molecule has 2 fully saturated rings. The topological polar surface area (TPSA) is 60.9 Å². The van der Waals surface area contributed by atoms with Gasteiger partial charge in [-0.2, -0.15) is 0 Å². The standard InChI is InChI=1S/C19H26N2O3/c1-13-9-20(10-14(2)21(13)19(24)17-7-8-17)11-15-3-5-16(6-4-15)18(23)12-22/h3-6,13-14,17,22H,7-12H2,1-2H3/t13-,14+. The van der Waals surface area contributed by atoms with Gasteiger partial charge in [-0.25, -0.2) is 0 Å². The van der Waals surface area contributed by atoms with Crippen LogP contribution < -0.4 is 0 Å². The summed E-state index contributed by atoms with van der Waals surface area (Å²) in [4.78, 5) is 28.3. The lowest BCUT2D eigenvalue weighted by atomic mass is 10.0. The number of hydrogen-bond donors (Lipinski definition) is 1. The number of Topliss-reactive ketones (excluding diaryl/α,β-unsaturated/α-hetero) is 1. The Hall–Kier alpha value is -1.72. The van der Waals surface area contributed by atoms with Gasteiger partial charge in [0.25, 0.3) is 0 Å². The van der Waals surface area contributed by atoms with Crippen molar-refractivity contribution in [1.82, 2.24) is 9.80 Å². The summed E-state index contributed by atoms with van der Waals surface area (Å²) >= 11 is 0. The molecule has 0 radical (unpaired) electrons. The third kappa shape index (κ3) is 3.68. The minimum atomic E-state index is -0.453. The fourth-order valence-electron chi connectivity index (χ4n) is 3.68. The van der Waals surface area contributed by atoms with Crippen LogP contribution in [0.15, 0.2) is 24.3 Å². The molecule has 3 rings (SSSR count). The van der Waals surface area contributed by atoms with E-state index in [0.29, 0.717) is 11.5 Å². The zero-order valence-corrected chi connectivity index (χ0v) is 14.4. The Bertz CT molecular complexity index is 598. The van der Waals surface area contributed by atoms with Crippen molar-refractivity contribution in [3.05, 3.63) is 35.4 Å². The molecule has 24 heavy (non-hydrogen) atoms. The summed E-state index contributed by atoms with van der Waals surface area (Å²) in [7, 11) is 0. The van der Waals surface area contributed by atoms with E-state index in [9.17, 15) is 9.59 Å². The van der Waals surface area contributed by atoms with Crippen molar-refractivity contribution in [3.63, 3.8) is 0 Å². The highest BCUT2D eigenvalue weighted by atomic mass is 16.3. The van der Waals surface area contributed by atoms with Gasteiger partial charge < -0.3 is 10.0 Å². The molecule has 1 aliphatic carbocycles. The molecule has 5 heteroatoms. The SMILES string of the molecule is C[C@@H]1CN(Cc2ccc(C(=O)CO)cc2)C[C@H](C)N1C(=O)C1CC1. The second-order valence-corrected chi connectivity index (χ2v) is 7.19. The van der Waals surface area contributed by atoms with Crippen LogP contribution in [0.3, 0.4) is 0 Å². The van der Waals surface area contributed by atoms with Gasteiger partial charge in [0.05, 0.1) is 0 Å². The van der Waals surface area contributed by atoms with E-state index >= 15 is 0 Å². The lowest BCUT2D eigenvalue weighted by Gasteiger charge is -2.44. The zero-order chi connectivity index (χ0) is 17.3. The fraction of sp³-hybridized carbons (Fsp3) is 0.579. The van der Waals surface area contributed by atoms with E-state index in [1.807, 2.05) is 12.1 Å². The molecule has 2 atom stereocenters. The average Bonchev–Trinajstić information content (AvgIpc) is 3.39. The first-order valence-electron chi connectivity index (χ1n) is 8.77. The molecule has 1 heterocycles. The van der Waals surface area contributed by atoms with Gasteiger partial charge in [-0.1, -0.05) is 24.3 Å². The Morgan fingerprint density at radius 1 is 1.08 bits per heavy atom. The van der Waals surface area contributed by atoms with Gasteiger partial charge in [-0.3, -0.25) is 14.5 Å². The molecule has 1 saturated heterocycles. The maximum atomic E-state index is 12.4. The van der Waals surface area contributed by atoms with E-state index in [4.69, 9.17) is 5.11 Å². The van der Waals surface area contributed by atoms with E-state index in [1.54, 1.807) is 12.1 Å². The monoisotopic (exact) mass is 330 g/mol. The highest BCUT2D eigenvalue weighted by molar-refractivity contribution is 5.96. The first kappa shape index (κ1) is 17.1. The predicted octanol–water partition coefficient (Wildman–Crippen LogP) is 1.69. The van der Waals surface area contributed by atoms with Gasteiger partial charge in [0.1, 0.15) is 6.61 Å². The number of piperazine rings is 1. The summed E-state index contributed by atoms with van der Waals surface area (Å²) in [5, 5.41) is 8.90. The van der Waals surface area contributed by atoms with Crippen molar-refractivity contribution in [1.29, 1.82) is 0 Å². The molecule has 0 bridgehead atoms. The van der Waals surface area contributed by atoms with Crippen LogP contribution >= 0.6 is 0 Å². The van der Waals surface area contributed by atoms with E-state index < -0.39 is 6.61 Å². The zero-order valence-electron chi connectivity index (χ0n) is 14.4. The number of benzene rings is 1. The molecule has 0 aromatic heterocycles. The summed E-state index contributed by atoms with van der Waals surface area (Å²) in [6, 6.07) is 7.90. The lowest BCUT2D eigenvalue weighted by Crippen LogP contribution is -2.58. The smallest absolute Gasteiger partial charge is 0.226 e. The quantitative estimate of drug-likeness (QED) is 0.835. The molecular weight excluding hydrogens is 304 g/mol. The van der Waals surface area contributed by atoms with Gasteiger partial charge in [-0.15, -0.1) is 0 Å². The van der Waals surface area contributed by atoms with E-state index in [1.165, 1.54) is 0 Å². The molecule has 0 unspecified atom stereocenters. The van der Waals surface area contributed by atoms with Crippen molar-refractivity contribution in [3.8, 4) is 0 Å².